The minimum Gasteiger partial charge on any atom is -0.166 e. The van der Waals surface area contributed by atoms with Crippen LogP contribution in [0.15, 0.2) is 36.4 Å². The minimum atomic E-state index is -4.52. The molecule has 0 amide bonds. The van der Waals surface area contributed by atoms with Crippen molar-refractivity contribution in [3.63, 3.8) is 0 Å². The Balaban J connectivity index is 2.31. The summed E-state index contributed by atoms with van der Waals surface area (Å²) in [5, 5.41) is 0.381. The molecule has 0 aliphatic heterocycles. The summed E-state index contributed by atoms with van der Waals surface area (Å²) in [6, 6.07) is 6.24. The molecule has 3 aromatic rings. The van der Waals surface area contributed by atoms with Crippen molar-refractivity contribution in [1.29, 1.82) is 0 Å². The highest BCUT2D eigenvalue weighted by molar-refractivity contribution is 7.25. The van der Waals surface area contributed by atoms with E-state index < -0.39 is 23.5 Å². The maximum absolute atomic E-state index is 12.7. The van der Waals surface area contributed by atoms with Crippen LogP contribution in [0, 0.1) is 0 Å². The molecule has 7 heteroatoms. The van der Waals surface area contributed by atoms with Crippen LogP contribution in [-0.2, 0) is 12.4 Å². The van der Waals surface area contributed by atoms with Gasteiger partial charge in [-0.3, -0.25) is 0 Å². The van der Waals surface area contributed by atoms with Crippen LogP contribution in [0.1, 0.15) is 11.1 Å². The van der Waals surface area contributed by atoms with Gasteiger partial charge in [-0.15, -0.1) is 11.3 Å². The van der Waals surface area contributed by atoms with Crippen molar-refractivity contribution in [3.05, 3.63) is 47.5 Å². The largest absolute Gasteiger partial charge is 0.416 e. The van der Waals surface area contributed by atoms with Gasteiger partial charge >= 0.3 is 12.4 Å². The molecule has 0 bridgehead atoms. The van der Waals surface area contributed by atoms with E-state index in [4.69, 9.17) is 0 Å². The van der Waals surface area contributed by atoms with Crippen LogP contribution in [-0.4, -0.2) is 0 Å². The molecule has 0 aliphatic rings. The molecular formula is C14H6F6S. The molecule has 0 spiro atoms. The predicted molar refractivity (Wildman–Crippen MR) is 69.3 cm³/mol. The van der Waals surface area contributed by atoms with Crippen LogP contribution < -0.4 is 0 Å². The van der Waals surface area contributed by atoms with E-state index in [1.807, 2.05) is 0 Å². The minimum absolute atomic E-state index is 0.191. The molecule has 0 atom stereocenters. The zero-order valence-electron chi connectivity index (χ0n) is 10.1. The Morgan fingerprint density at radius 3 is 1.33 bits per heavy atom. The molecule has 21 heavy (non-hydrogen) atoms. The molecule has 0 radical (unpaired) electrons. The zero-order chi connectivity index (χ0) is 15.4. The molecule has 3 rings (SSSR count). The smallest absolute Gasteiger partial charge is 0.166 e. The summed E-state index contributed by atoms with van der Waals surface area (Å²) >= 11 is 1.17. The third-order valence-corrected chi connectivity index (χ3v) is 4.28. The van der Waals surface area contributed by atoms with Crippen molar-refractivity contribution in [3.8, 4) is 0 Å². The van der Waals surface area contributed by atoms with Gasteiger partial charge in [0.1, 0.15) is 0 Å². The van der Waals surface area contributed by atoms with E-state index in [1.54, 1.807) is 0 Å². The van der Waals surface area contributed by atoms with Crippen molar-refractivity contribution in [2.24, 2.45) is 0 Å². The highest BCUT2D eigenvalue weighted by atomic mass is 32.1. The second kappa shape index (κ2) is 4.37. The maximum Gasteiger partial charge on any atom is 0.416 e. The van der Waals surface area contributed by atoms with Gasteiger partial charge in [0.15, 0.2) is 0 Å². The first-order valence-electron chi connectivity index (χ1n) is 5.77. The standard InChI is InChI=1S/C14H6F6S/c15-13(16,17)7-1-3-11-9(5-7)10-6-8(14(18,19)20)2-4-12(10)21-11/h1-6H. The molecular weight excluding hydrogens is 314 g/mol. The number of hydrogen-bond acceptors (Lipinski definition) is 1. The average molecular weight is 320 g/mol. The number of alkyl halides is 6. The summed E-state index contributed by atoms with van der Waals surface area (Å²) < 4.78 is 77.3. The van der Waals surface area contributed by atoms with E-state index in [9.17, 15) is 26.3 Å². The topological polar surface area (TPSA) is 0 Å². The lowest BCUT2D eigenvalue weighted by Crippen LogP contribution is -2.04. The molecule has 0 saturated carbocycles. The third kappa shape index (κ3) is 2.46. The van der Waals surface area contributed by atoms with Gasteiger partial charge in [-0.25, -0.2) is 0 Å². The summed E-state index contributed by atoms with van der Waals surface area (Å²) in [5.41, 5.74) is -1.74. The quantitative estimate of drug-likeness (QED) is 0.440. The summed E-state index contributed by atoms with van der Waals surface area (Å²) in [5.74, 6) is 0. The number of hydrogen-bond donors (Lipinski definition) is 0. The first kappa shape index (κ1) is 14.2. The number of halogens is 6. The zero-order valence-corrected chi connectivity index (χ0v) is 11.0. The van der Waals surface area contributed by atoms with Crippen LogP contribution in [0.2, 0.25) is 0 Å². The molecule has 110 valence electrons. The van der Waals surface area contributed by atoms with Gasteiger partial charge in [0.2, 0.25) is 0 Å². The molecule has 2 aromatic carbocycles. The van der Waals surface area contributed by atoms with Crippen molar-refractivity contribution >= 4 is 31.5 Å². The highest BCUT2D eigenvalue weighted by Crippen LogP contribution is 2.40. The second-order valence-electron chi connectivity index (χ2n) is 4.52. The SMILES string of the molecule is FC(F)(F)c1ccc2sc3ccc(C(F)(F)F)cc3c2c1. The van der Waals surface area contributed by atoms with Gasteiger partial charge in [0.05, 0.1) is 11.1 Å². The average Bonchev–Trinajstić information content (AvgIpc) is 2.73. The molecule has 0 N–H and O–H groups in total. The van der Waals surface area contributed by atoms with E-state index in [-0.39, 0.29) is 10.8 Å². The fourth-order valence-electron chi connectivity index (χ4n) is 2.13. The van der Waals surface area contributed by atoms with Gasteiger partial charge in [-0.1, -0.05) is 0 Å². The summed E-state index contributed by atoms with van der Waals surface area (Å²) in [4.78, 5) is 0. The normalized spacial score (nSPS) is 13.2. The molecule has 0 saturated heterocycles. The van der Waals surface area contributed by atoms with Crippen LogP contribution in [0.3, 0.4) is 0 Å². The van der Waals surface area contributed by atoms with E-state index in [1.165, 1.54) is 23.5 Å². The van der Waals surface area contributed by atoms with E-state index in [0.29, 0.717) is 9.40 Å². The van der Waals surface area contributed by atoms with Crippen LogP contribution in [0.5, 0.6) is 0 Å². The third-order valence-electron chi connectivity index (χ3n) is 3.12. The van der Waals surface area contributed by atoms with Crippen LogP contribution in [0.4, 0.5) is 26.3 Å². The van der Waals surface area contributed by atoms with Crippen molar-refractivity contribution < 1.29 is 26.3 Å². The van der Waals surface area contributed by atoms with E-state index >= 15 is 0 Å². The number of benzene rings is 2. The Hall–Kier alpha value is -1.76. The van der Waals surface area contributed by atoms with Gasteiger partial charge in [-0.05, 0) is 36.4 Å². The van der Waals surface area contributed by atoms with Gasteiger partial charge in [-0.2, -0.15) is 26.3 Å². The molecule has 1 heterocycles. The van der Waals surface area contributed by atoms with Crippen molar-refractivity contribution in [2.45, 2.75) is 12.4 Å². The predicted octanol–water partition coefficient (Wildman–Crippen LogP) is 6.09. The van der Waals surface area contributed by atoms with Crippen LogP contribution >= 0.6 is 11.3 Å². The first-order valence-corrected chi connectivity index (χ1v) is 6.58. The molecule has 0 fully saturated rings. The Kier molecular flexibility index (Phi) is 2.95. The van der Waals surface area contributed by atoms with E-state index in [2.05, 4.69) is 0 Å². The molecule has 0 aliphatic carbocycles. The molecule has 0 nitrogen and oxygen atoms in total. The lowest BCUT2D eigenvalue weighted by molar-refractivity contribution is -0.138. The summed E-state index contributed by atoms with van der Waals surface area (Å²) in [6.45, 7) is 0. The second-order valence-corrected chi connectivity index (χ2v) is 5.60. The van der Waals surface area contributed by atoms with Crippen molar-refractivity contribution in [2.75, 3.05) is 0 Å². The Morgan fingerprint density at radius 1 is 0.619 bits per heavy atom. The fourth-order valence-corrected chi connectivity index (χ4v) is 3.20. The van der Waals surface area contributed by atoms with Crippen molar-refractivity contribution in [1.82, 2.24) is 0 Å². The Labute approximate surface area is 118 Å². The molecule has 1 aromatic heterocycles. The number of rotatable bonds is 0. The first-order chi connectivity index (χ1) is 9.66. The summed E-state index contributed by atoms with van der Waals surface area (Å²) in [6.07, 6.45) is -9.05. The summed E-state index contributed by atoms with van der Waals surface area (Å²) in [7, 11) is 0. The van der Waals surface area contributed by atoms with E-state index in [0.717, 1.165) is 24.3 Å². The van der Waals surface area contributed by atoms with Gasteiger partial charge in [0, 0.05) is 20.2 Å². The van der Waals surface area contributed by atoms with Gasteiger partial charge < -0.3 is 0 Å². The highest BCUT2D eigenvalue weighted by Gasteiger charge is 2.32. The number of fused-ring (bicyclic) bond motifs is 3. The molecule has 0 unspecified atom stereocenters. The maximum atomic E-state index is 12.7. The Bertz CT molecular complexity index is 757. The van der Waals surface area contributed by atoms with Gasteiger partial charge in [0.25, 0.3) is 0 Å². The monoisotopic (exact) mass is 320 g/mol. The lowest BCUT2D eigenvalue weighted by atomic mass is 10.1. The lowest BCUT2D eigenvalue weighted by Gasteiger charge is -2.07. The fraction of sp³-hybridized carbons (Fsp3) is 0.143. The number of thiophene rings is 1. The Morgan fingerprint density at radius 2 is 1.00 bits per heavy atom. The van der Waals surface area contributed by atoms with Crippen LogP contribution in [0.25, 0.3) is 20.2 Å².